The second-order valence-corrected chi connectivity index (χ2v) is 7.81. The highest BCUT2D eigenvalue weighted by molar-refractivity contribution is 7.89. The lowest BCUT2D eigenvalue weighted by molar-refractivity contribution is -0.384. The molecule has 27 heavy (non-hydrogen) atoms. The Hall–Kier alpha value is -2.49. The van der Waals surface area contributed by atoms with E-state index < -0.39 is 20.9 Å². The molecule has 2 aromatic carbocycles. The van der Waals surface area contributed by atoms with Gasteiger partial charge in [0, 0.05) is 36.5 Å². The predicted molar refractivity (Wildman–Crippen MR) is 103 cm³/mol. The molecule has 0 spiro atoms. The normalized spacial score (nSPS) is 11.4. The topological polar surface area (TPSA) is 110 Å². The van der Waals surface area contributed by atoms with Crippen LogP contribution in [-0.4, -0.2) is 36.6 Å². The van der Waals surface area contributed by atoms with Crippen LogP contribution in [0.1, 0.15) is 24.2 Å². The molecule has 0 aromatic heterocycles. The fourth-order valence-electron chi connectivity index (χ4n) is 2.41. The number of non-ortho nitro benzene ring substituents is 1. The van der Waals surface area contributed by atoms with Gasteiger partial charge in [-0.3, -0.25) is 14.9 Å². The lowest BCUT2D eigenvalue weighted by atomic mass is 10.2. The second-order valence-electron chi connectivity index (χ2n) is 5.49. The molecule has 0 unspecified atom stereocenters. The predicted octanol–water partition coefficient (Wildman–Crippen LogP) is 3.53. The molecule has 0 atom stereocenters. The van der Waals surface area contributed by atoms with Crippen molar-refractivity contribution < 1.29 is 18.1 Å². The van der Waals surface area contributed by atoms with Crippen LogP contribution in [0.3, 0.4) is 0 Å². The summed E-state index contributed by atoms with van der Waals surface area (Å²) in [6.45, 7) is 3.96. The molecule has 10 heteroatoms. The van der Waals surface area contributed by atoms with E-state index in [4.69, 9.17) is 11.6 Å². The summed E-state index contributed by atoms with van der Waals surface area (Å²) in [5.41, 5.74) is 0.337. The zero-order chi connectivity index (χ0) is 20.2. The molecule has 0 aliphatic rings. The maximum Gasteiger partial charge on any atom is 0.269 e. The zero-order valence-corrected chi connectivity index (χ0v) is 16.2. The van der Waals surface area contributed by atoms with Gasteiger partial charge in [-0.2, -0.15) is 4.31 Å². The van der Waals surface area contributed by atoms with E-state index in [9.17, 15) is 23.3 Å². The van der Waals surface area contributed by atoms with Gasteiger partial charge >= 0.3 is 0 Å². The van der Waals surface area contributed by atoms with Crippen molar-refractivity contribution in [2.75, 3.05) is 18.4 Å². The van der Waals surface area contributed by atoms with E-state index in [2.05, 4.69) is 5.32 Å². The third kappa shape index (κ3) is 4.62. The first-order valence-corrected chi connectivity index (χ1v) is 9.88. The SMILES string of the molecule is CCN(CC)S(=O)(=O)c1cc(C(=O)Nc2ccc([N+](=O)[O-])cc2)ccc1Cl. The number of hydrogen-bond donors (Lipinski definition) is 1. The van der Waals surface area contributed by atoms with Crippen LogP contribution in [-0.2, 0) is 10.0 Å². The number of sulfonamides is 1. The molecule has 0 heterocycles. The van der Waals surface area contributed by atoms with Gasteiger partial charge in [0.05, 0.1) is 9.95 Å². The number of carbonyl (C=O) groups excluding carboxylic acids is 1. The van der Waals surface area contributed by atoms with Gasteiger partial charge in [-0.15, -0.1) is 0 Å². The number of halogens is 1. The van der Waals surface area contributed by atoms with Gasteiger partial charge in [0.1, 0.15) is 4.90 Å². The maximum absolute atomic E-state index is 12.7. The number of rotatable bonds is 7. The van der Waals surface area contributed by atoms with E-state index in [0.29, 0.717) is 5.69 Å². The molecule has 2 aromatic rings. The number of carbonyl (C=O) groups is 1. The minimum absolute atomic E-state index is 0.0220. The van der Waals surface area contributed by atoms with Crippen LogP contribution in [0.5, 0.6) is 0 Å². The highest BCUT2D eigenvalue weighted by Gasteiger charge is 2.25. The van der Waals surface area contributed by atoms with Gasteiger partial charge in [-0.25, -0.2) is 8.42 Å². The summed E-state index contributed by atoms with van der Waals surface area (Å²) in [5.74, 6) is -0.559. The minimum atomic E-state index is -3.83. The first-order valence-electron chi connectivity index (χ1n) is 8.06. The Bertz CT molecular complexity index is 957. The van der Waals surface area contributed by atoms with Crippen LogP contribution in [0.15, 0.2) is 47.4 Å². The summed E-state index contributed by atoms with van der Waals surface area (Å²) in [7, 11) is -3.83. The third-order valence-corrected chi connectivity index (χ3v) is 6.38. The number of nitrogens with one attached hydrogen (secondary N) is 1. The Morgan fingerprint density at radius 2 is 1.74 bits per heavy atom. The molecule has 0 radical (unpaired) electrons. The van der Waals surface area contributed by atoms with Crippen molar-refractivity contribution in [2.45, 2.75) is 18.7 Å². The van der Waals surface area contributed by atoms with E-state index in [1.54, 1.807) is 13.8 Å². The molecular formula is C17H18ClN3O5S. The maximum atomic E-state index is 12.7. The largest absolute Gasteiger partial charge is 0.322 e. The lowest BCUT2D eigenvalue weighted by Gasteiger charge is -2.19. The summed E-state index contributed by atoms with van der Waals surface area (Å²) in [4.78, 5) is 22.4. The van der Waals surface area contributed by atoms with Crippen molar-refractivity contribution in [2.24, 2.45) is 0 Å². The van der Waals surface area contributed by atoms with Crippen LogP contribution in [0.2, 0.25) is 5.02 Å². The number of nitrogens with zero attached hydrogens (tertiary/aromatic N) is 2. The van der Waals surface area contributed by atoms with E-state index in [-0.39, 0.29) is 34.3 Å². The van der Waals surface area contributed by atoms with Crippen LogP contribution < -0.4 is 5.32 Å². The highest BCUT2D eigenvalue weighted by atomic mass is 35.5. The average molecular weight is 412 g/mol. The monoisotopic (exact) mass is 411 g/mol. The van der Waals surface area contributed by atoms with Gasteiger partial charge in [-0.05, 0) is 30.3 Å². The van der Waals surface area contributed by atoms with E-state index in [1.165, 1.54) is 46.8 Å². The molecule has 1 N–H and O–H groups in total. The van der Waals surface area contributed by atoms with Gasteiger partial charge in [0.25, 0.3) is 11.6 Å². The zero-order valence-electron chi connectivity index (χ0n) is 14.7. The van der Waals surface area contributed by atoms with Gasteiger partial charge in [0.2, 0.25) is 10.0 Å². The van der Waals surface area contributed by atoms with Crippen molar-refractivity contribution in [1.82, 2.24) is 4.31 Å². The number of nitro benzene ring substituents is 1. The van der Waals surface area contributed by atoms with Gasteiger partial charge in [0.15, 0.2) is 0 Å². The number of amides is 1. The average Bonchev–Trinajstić information content (AvgIpc) is 2.63. The number of benzene rings is 2. The standard InChI is InChI=1S/C17H18ClN3O5S/c1-3-20(4-2)27(25,26)16-11-12(5-10-15(16)18)17(22)19-13-6-8-14(9-7-13)21(23)24/h5-11H,3-4H2,1-2H3,(H,19,22). The first kappa shape index (κ1) is 20.8. The highest BCUT2D eigenvalue weighted by Crippen LogP contribution is 2.26. The van der Waals surface area contributed by atoms with Crippen molar-refractivity contribution in [3.05, 3.63) is 63.2 Å². The molecule has 0 aliphatic carbocycles. The van der Waals surface area contributed by atoms with Crippen LogP contribution in [0, 0.1) is 10.1 Å². The fraction of sp³-hybridized carbons (Fsp3) is 0.235. The van der Waals surface area contributed by atoms with Gasteiger partial charge < -0.3 is 5.32 Å². The van der Waals surface area contributed by atoms with E-state index >= 15 is 0 Å². The summed E-state index contributed by atoms with van der Waals surface area (Å²) >= 11 is 6.05. The molecular weight excluding hydrogens is 394 g/mol. The van der Waals surface area contributed by atoms with Crippen molar-refractivity contribution >= 4 is 38.9 Å². The summed E-state index contributed by atoms with van der Waals surface area (Å²) in [5, 5.41) is 13.3. The number of nitro groups is 1. The Morgan fingerprint density at radius 1 is 1.15 bits per heavy atom. The minimum Gasteiger partial charge on any atom is -0.322 e. The molecule has 0 saturated carbocycles. The third-order valence-electron chi connectivity index (χ3n) is 3.85. The molecule has 8 nitrogen and oxygen atoms in total. The summed E-state index contributed by atoms with van der Waals surface area (Å²) in [6, 6.07) is 9.27. The molecule has 0 bridgehead atoms. The number of anilines is 1. The first-order chi connectivity index (χ1) is 12.7. The Balaban J connectivity index is 2.31. The summed E-state index contributed by atoms with van der Waals surface area (Å²) < 4.78 is 26.6. The van der Waals surface area contributed by atoms with E-state index in [1.807, 2.05) is 0 Å². The van der Waals surface area contributed by atoms with Crippen molar-refractivity contribution in [3.8, 4) is 0 Å². The molecule has 2 rings (SSSR count). The quantitative estimate of drug-likeness (QED) is 0.553. The Morgan fingerprint density at radius 3 is 2.26 bits per heavy atom. The Labute approximate surface area is 162 Å². The van der Waals surface area contributed by atoms with Crippen molar-refractivity contribution in [1.29, 1.82) is 0 Å². The van der Waals surface area contributed by atoms with E-state index in [0.717, 1.165) is 0 Å². The van der Waals surface area contributed by atoms with Gasteiger partial charge in [-0.1, -0.05) is 25.4 Å². The molecule has 0 aliphatic heterocycles. The molecule has 1 amide bonds. The van der Waals surface area contributed by atoms with Crippen LogP contribution in [0.4, 0.5) is 11.4 Å². The fourth-order valence-corrected chi connectivity index (χ4v) is 4.37. The molecule has 0 fully saturated rings. The smallest absolute Gasteiger partial charge is 0.269 e. The van der Waals surface area contributed by atoms with Crippen LogP contribution >= 0.6 is 11.6 Å². The second kappa shape index (κ2) is 8.47. The lowest BCUT2D eigenvalue weighted by Crippen LogP contribution is -2.31. The number of hydrogen-bond acceptors (Lipinski definition) is 5. The molecule has 144 valence electrons. The van der Waals surface area contributed by atoms with Crippen LogP contribution in [0.25, 0.3) is 0 Å². The molecule has 0 saturated heterocycles. The van der Waals surface area contributed by atoms with Crippen molar-refractivity contribution in [3.63, 3.8) is 0 Å². The Kier molecular flexibility index (Phi) is 6.53. The summed E-state index contributed by atoms with van der Waals surface area (Å²) in [6.07, 6.45) is 0.